The van der Waals surface area contributed by atoms with Crippen molar-refractivity contribution in [3.63, 3.8) is 0 Å². The van der Waals surface area contributed by atoms with Crippen LogP contribution in [0.1, 0.15) is 39.0 Å². The monoisotopic (exact) mass is 229 g/mol. The number of rotatable bonds is 6. The number of carbonyl (C=O) groups is 1. The maximum Gasteiger partial charge on any atom is 0.307 e. The normalized spacial score (nSPS) is 19.0. The van der Waals surface area contributed by atoms with Crippen LogP contribution < -0.4 is 0 Å². The van der Waals surface area contributed by atoms with Crippen molar-refractivity contribution in [3.05, 3.63) is 0 Å². The van der Waals surface area contributed by atoms with Crippen molar-refractivity contribution < 1.29 is 14.6 Å². The molecule has 1 fully saturated rings. The lowest BCUT2D eigenvalue weighted by molar-refractivity contribution is -0.142. The van der Waals surface area contributed by atoms with Crippen LogP contribution in [0.25, 0.3) is 0 Å². The number of hydrogen-bond acceptors (Lipinski definition) is 4. The molecule has 0 aromatic rings. The van der Waals surface area contributed by atoms with E-state index < -0.39 is 0 Å². The molecule has 1 aliphatic carbocycles. The van der Waals surface area contributed by atoms with E-state index in [1.807, 2.05) is 6.92 Å². The molecule has 0 aromatic heterocycles. The second-order valence-corrected chi connectivity index (χ2v) is 4.53. The van der Waals surface area contributed by atoms with Gasteiger partial charge in [-0.2, -0.15) is 0 Å². The van der Waals surface area contributed by atoms with Crippen LogP contribution in [0.2, 0.25) is 0 Å². The first kappa shape index (κ1) is 13.5. The zero-order chi connectivity index (χ0) is 12.0. The molecule has 4 nitrogen and oxygen atoms in total. The Labute approximate surface area is 97.6 Å². The molecule has 0 amide bonds. The molecular formula is C12H23NO3. The van der Waals surface area contributed by atoms with Gasteiger partial charge in [0.05, 0.1) is 20.1 Å². The number of carbonyl (C=O) groups excluding carboxylic acids is 1. The van der Waals surface area contributed by atoms with Gasteiger partial charge in [0.25, 0.3) is 0 Å². The summed E-state index contributed by atoms with van der Waals surface area (Å²) < 4.78 is 4.68. The minimum Gasteiger partial charge on any atom is -0.469 e. The molecule has 1 aliphatic rings. The quantitative estimate of drug-likeness (QED) is 0.695. The highest BCUT2D eigenvalue weighted by atomic mass is 16.5. The van der Waals surface area contributed by atoms with Crippen LogP contribution in [-0.4, -0.2) is 48.3 Å². The first-order chi connectivity index (χ1) is 7.69. The van der Waals surface area contributed by atoms with E-state index in [-0.39, 0.29) is 18.6 Å². The molecule has 94 valence electrons. The Morgan fingerprint density at radius 2 is 2.12 bits per heavy atom. The molecule has 1 rings (SSSR count). The van der Waals surface area contributed by atoms with Gasteiger partial charge in [-0.15, -0.1) is 0 Å². The standard InChI is InChI=1S/C12H23NO3/c1-10(9-12(15)16-2)13(7-8-14)11-5-3-4-6-11/h10-11,14H,3-9H2,1-2H3. The summed E-state index contributed by atoms with van der Waals surface area (Å²) in [7, 11) is 1.42. The van der Waals surface area contributed by atoms with E-state index in [2.05, 4.69) is 9.64 Å². The number of nitrogens with zero attached hydrogens (tertiary/aromatic N) is 1. The molecule has 1 atom stereocenters. The van der Waals surface area contributed by atoms with E-state index in [4.69, 9.17) is 5.11 Å². The zero-order valence-corrected chi connectivity index (χ0v) is 10.3. The summed E-state index contributed by atoms with van der Waals surface area (Å²) in [5.41, 5.74) is 0. The average Bonchev–Trinajstić information content (AvgIpc) is 2.78. The summed E-state index contributed by atoms with van der Waals surface area (Å²) in [6.07, 6.45) is 5.30. The molecule has 0 heterocycles. The number of esters is 1. The van der Waals surface area contributed by atoms with Gasteiger partial charge in [-0.25, -0.2) is 0 Å². The fourth-order valence-electron chi connectivity index (χ4n) is 2.56. The van der Waals surface area contributed by atoms with Crippen molar-refractivity contribution in [2.24, 2.45) is 0 Å². The largest absolute Gasteiger partial charge is 0.469 e. The van der Waals surface area contributed by atoms with Gasteiger partial charge in [-0.1, -0.05) is 12.8 Å². The number of hydrogen-bond donors (Lipinski definition) is 1. The van der Waals surface area contributed by atoms with Crippen molar-refractivity contribution in [1.82, 2.24) is 4.90 Å². The summed E-state index contributed by atoms with van der Waals surface area (Å²) in [5.74, 6) is -0.173. The van der Waals surface area contributed by atoms with Crippen molar-refractivity contribution in [1.29, 1.82) is 0 Å². The molecule has 16 heavy (non-hydrogen) atoms. The van der Waals surface area contributed by atoms with Gasteiger partial charge in [0, 0.05) is 18.6 Å². The minimum atomic E-state index is -0.173. The Balaban J connectivity index is 2.50. The van der Waals surface area contributed by atoms with E-state index in [0.717, 1.165) is 0 Å². The topological polar surface area (TPSA) is 49.8 Å². The fourth-order valence-corrected chi connectivity index (χ4v) is 2.56. The van der Waals surface area contributed by atoms with E-state index in [9.17, 15) is 4.79 Å². The molecule has 0 aromatic carbocycles. The molecule has 0 spiro atoms. The van der Waals surface area contributed by atoms with Crippen LogP contribution in [0.15, 0.2) is 0 Å². The van der Waals surface area contributed by atoms with Crippen LogP contribution in [-0.2, 0) is 9.53 Å². The van der Waals surface area contributed by atoms with Crippen molar-refractivity contribution >= 4 is 5.97 Å². The molecule has 1 saturated carbocycles. The molecule has 1 unspecified atom stereocenters. The highest BCUT2D eigenvalue weighted by molar-refractivity contribution is 5.69. The molecule has 1 N–H and O–H groups in total. The Kier molecular flexibility index (Phi) is 5.77. The smallest absolute Gasteiger partial charge is 0.307 e. The van der Waals surface area contributed by atoms with Crippen LogP contribution in [0.4, 0.5) is 0 Å². The molecule has 0 aliphatic heterocycles. The Bertz CT molecular complexity index is 214. The molecule has 0 radical (unpaired) electrons. The lowest BCUT2D eigenvalue weighted by Crippen LogP contribution is -2.43. The van der Waals surface area contributed by atoms with Gasteiger partial charge < -0.3 is 9.84 Å². The number of methoxy groups -OCH3 is 1. The average molecular weight is 229 g/mol. The molecule has 4 heteroatoms. The Hall–Kier alpha value is -0.610. The summed E-state index contributed by atoms with van der Waals surface area (Å²) in [6.45, 7) is 2.84. The lowest BCUT2D eigenvalue weighted by Gasteiger charge is -2.33. The van der Waals surface area contributed by atoms with Crippen molar-refractivity contribution in [3.8, 4) is 0 Å². The summed E-state index contributed by atoms with van der Waals surface area (Å²) in [6, 6.07) is 0.689. The highest BCUT2D eigenvalue weighted by Gasteiger charge is 2.27. The highest BCUT2D eigenvalue weighted by Crippen LogP contribution is 2.25. The van der Waals surface area contributed by atoms with E-state index >= 15 is 0 Å². The van der Waals surface area contributed by atoms with Gasteiger partial charge >= 0.3 is 5.97 Å². The van der Waals surface area contributed by atoms with E-state index in [1.54, 1.807) is 0 Å². The Morgan fingerprint density at radius 1 is 1.50 bits per heavy atom. The summed E-state index contributed by atoms with van der Waals surface area (Å²) in [5, 5.41) is 9.08. The summed E-state index contributed by atoms with van der Waals surface area (Å²) >= 11 is 0. The van der Waals surface area contributed by atoms with Crippen molar-refractivity contribution in [2.75, 3.05) is 20.3 Å². The van der Waals surface area contributed by atoms with Gasteiger partial charge in [0.1, 0.15) is 0 Å². The van der Waals surface area contributed by atoms with Gasteiger partial charge in [-0.05, 0) is 19.8 Å². The molecular weight excluding hydrogens is 206 g/mol. The SMILES string of the molecule is COC(=O)CC(C)N(CCO)C1CCCC1. The first-order valence-electron chi connectivity index (χ1n) is 6.12. The van der Waals surface area contributed by atoms with Crippen LogP contribution in [0, 0.1) is 0 Å². The molecule has 0 bridgehead atoms. The predicted molar refractivity (Wildman–Crippen MR) is 62.1 cm³/mol. The third-order valence-electron chi connectivity index (χ3n) is 3.41. The first-order valence-corrected chi connectivity index (χ1v) is 6.12. The Morgan fingerprint density at radius 3 is 2.62 bits per heavy atom. The minimum absolute atomic E-state index is 0.155. The maximum absolute atomic E-state index is 11.2. The summed E-state index contributed by atoms with van der Waals surface area (Å²) in [4.78, 5) is 13.5. The third-order valence-corrected chi connectivity index (χ3v) is 3.41. The van der Waals surface area contributed by atoms with Gasteiger partial charge in [0.2, 0.25) is 0 Å². The number of aliphatic hydroxyl groups is 1. The number of aliphatic hydroxyl groups excluding tert-OH is 1. The van der Waals surface area contributed by atoms with Crippen LogP contribution >= 0.6 is 0 Å². The second kappa shape index (κ2) is 6.86. The van der Waals surface area contributed by atoms with Crippen LogP contribution in [0.5, 0.6) is 0 Å². The molecule has 0 saturated heterocycles. The second-order valence-electron chi connectivity index (χ2n) is 4.53. The lowest BCUT2D eigenvalue weighted by atomic mass is 10.1. The van der Waals surface area contributed by atoms with Crippen molar-refractivity contribution in [2.45, 2.75) is 51.1 Å². The maximum atomic E-state index is 11.2. The van der Waals surface area contributed by atoms with E-state index in [1.165, 1.54) is 32.8 Å². The van der Waals surface area contributed by atoms with Gasteiger partial charge in [-0.3, -0.25) is 9.69 Å². The third kappa shape index (κ3) is 3.76. The fraction of sp³-hybridized carbons (Fsp3) is 0.917. The van der Waals surface area contributed by atoms with E-state index in [0.29, 0.717) is 19.0 Å². The van der Waals surface area contributed by atoms with Gasteiger partial charge in [0.15, 0.2) is 0 Å². The number of ether oxygens (including phenoxy) is 1. The predicted octanol–water partition coefficient (Wildman–Crippen LogP) is 1.17. The zero-order valence-electron chi connectivity index (χ0n) is 10.3. The van der Waals surface area contributed by atoms with Crippen LogP contribution in [0.3, 0.4) is 0 Å².